The van der Waals surface area contributed by atoms with Gasteiger partial charge in [-0.1, -0.05) is 44.9 Å². The number of aryl methyl sites for hydroxylation is 1. The summed E-state index contributed by atoms with van der Waals surface area (Å²) in [6, 6.07) is 6.94. The van der Waals surface area contributed by atoms with Gasteiger partial charge in [0.1, 0.15) is 0 Å². The molecule has 1 fully saturated rings. The van der Waals surface area contributed by atoms with Crippen molar-refractivity contribution in [2.45, 2.75) is 58.5 Å². The highest BCUT2D eigenvalue weighted by Crippen LogP contribution is 2.23. The lowest BCUT2D eigenvalue weighted by Gasteiger charge is -2.29. The number of benzene rings is 1. The number of nitrogens with one attached hydrogen (secondary N) is 1. The minimum absolute atomic E-state index is 0.0579. The maximum Gasteiger partial charge on any atom is 0.359 e. The minimum Gasteiger partial charge on any atom is -0.451 e. The SMILES string of the molecule is CCCn1nc(C(=O)OCC(=O)N[C@@H]2CCCC[C@@H]2C)c2ccccc2c1=O. The predicted molar refractivity (Wildman–Crippen MR) is 106 cm³/mol. The summed E-state index contributed by atoms with van der Waals surface area (Å²) in [7, 11) is 0. The van der Waals surface area contributed by atoms with Crippen molar-refractivity contribution in [1.29, 1.82) is 0 Å². The monoisotopic (exact) mass is 385 g/mol. The molecule has 1 aliphatic rings. The number of aromatic nitrogens is 2. The number of esters is 1. The summed E-state index contributed by atoms with van der Waals surface area (Å²) in [6.07, 6.45) is 5.05. The Morgan fingerprint density at radius 1 is 1.21 bits per heavy atom. The molecule has 0 radical (unpaired) electrons. The lowest BCUT2D eigenvalue weighted by atomic mass is 9.86. The van der Waals surface area contributed by atoms with Crippen LogP contribution in [0.2, 0.25) is 0 Å². The lowest BCUT2D eigenvalue weighted by molar-refractivity contribution is -0.125. The Morgan fingerprint density at radius 3 is 2.64 bits per heavy atom. The summed E-state index contributed by atoms with van der Waals surface area (Å²) in [5.41, 5.74) is -0.180. The number of hydrogen-bond acceptors (Lipinski definition) is 5. The molecule has 1 N–H and O–H groups in total. The van der Waals surface area contributed by atoms with Crippen molar-refractivity contribution in [3.05, 3.63) is 40.3 Å². The van der Waals surface area contributed by atoms with Crippen molar-refractivity contribution in [3.8, 4) is 0 Å². The standard InChI is InChI=1S/C21H27N3O4/c1-3-12-24-20(26)16-10-6-5-9-15(16)19(23-24)21(27)28-13-18(25)22-17-11-7-4-8-14(17)2/h5-6,9-10,14,17H,3-4,7-8,11-13H2,1-2H3,(H,22,25)/t14-,17+/m0/s1. The summed E-state index contributed by atoms with van der Waals surface area (Å²) < 4.78 is 6.50. The number of amides is 1. The van der Waals surface area contributed by atoms with Crippen LogP contribution in [0, 0.1) is 5.92 Å². The zero-order valence-electron chi connectivity index (χ0n) is 16.4. The minimum atomic E-state index is -0.701. The van der Waals surface area contributed by atoms with Crippen molar-refractivity contribution in [3.63, 3.8) is 0 Å². The molecule has 150 valence electrons. The van der Waals surface area contributed by atoms with Gasteiger partial charge in [-0.2, -0.15) is 5.10 Å². The van der Waals surface area contributed by atoms with Crippen molar-refractivity contribution in [2.75, 3.05) is 6.61 Å². The van der Waals surface area contributed by atoms with Crippen molar-refractivity contribution >= 4 is 22.6 Å². The van der Waals surface area contributed by atoms with E-state index in [1.807, 2.05) is 6.92 Å². The number of carbonyl (C=O) groups is 2. The number of rotatable bonds is 6. The summed E-state index contributed by atoms with van der Waals surface area (Å²) in [6.45, 7) is 4.11. The van der Waals surface area contributed by atoms with Crippen LogP contribution in [0.5, 0.6) is 0 Å². The van der Waals surface area contributed by atoms with E-state index >= 15 is 0 Å². The molecule has 7 nitrogen and oxygen atoms in total. The molecule has 7 heteroatoms. The Bertz CT molecular complexity index is 921. The highest BCUT2D eigenvalue weighted by Gasteiger charge is 2.24. The molecule has 1 aromatic heterocycles. The van der Waals surface area contributed by atoms with E-state index in [2.05, 4.69) is 17.3 Å². The zero-order chi connectivity index (χ0) is 20.1. The number of ether oxygens (including phenoxy) is 1. The van der Waals surface area contributed by atoms with Crippen LogP contribution < -0.4 is 10.9 Å². The number of nitrogens with zero attached hydrogens (tertiary/aromatic N) is 2. The van der Waals surface area contributed by atoms with Crippen LogP contribution >= 0.6 is 0 Å². The van der Waals surface area contributed by atoms with Crippen molar-refractivity contribution in [2.24, 2.45) is 5.92 Å². The molecule has 2 aromatic rings. The molecular formula is C21H27N3O4. The molecule has 0 aliphatic heterocycles. The van der Waals surface area contributed by atoms with E-state index in [1.165, 1.54) is 11.1 Å². The molecule has 3 rings (SSSR count). The third-order valence-electron chi connectivity index (χ3n) is 5.29. The second-order valence-electron chi connectivity index (χ2n) is 7.43. The molecule has 1 aliphatic carbocycles. The van der Waals surface area contributed by atoms with Gasteiger partial charge in [0.15, 0.2) is 12.3 Å². The van der Waals surface area contributed by atoms with Crippen LogP contribution in [0.4, 0.5) is 0 Å². The molecule has 1 amide bonds. The molecule has 1 aromatic carbocycles. The normalized spacial score (nSPS) is 19.4. The third kappa shape index (κ3) is 4.40. The fourth-order valence-electron chi connectivity index (χ4n) is 3.73. The first-order valence-electron chi connectivity index (χ1n) is 9.97. The summed E-state index contributed by atoms with van der Waals surface area (Å²) >= 11 is 0. The van der Waals surface area contributed by atoms with Crippen LogP contribution in [0.15, 0.2) is 29.1 Å². The van der Waals surface area contributed by atoms with E-state index < -0.39 is 5.97 Å². The highest BCUT2D eigenvalue weighted by atomic mass is 16.5. The molecule has 28 heavy (non-hydrogen) atoms. The van der Waals surface area contributed by atoms with Gasteiger partial charge in [0, 0.05) is 18.0 Å². The Balaban J connectivity index is 1.73. The topological polar surface area (TPSA) is 90.3 Å². The molecule has 1 heterocycles. The van der Waals surface area contributed by atoms with Crippen LogP contribution in [-0.4, -0.2) is 34.3 Å². The molecule has 0 saturated heterocycles. The van der Waals surface area contributed by atoms with E-state index in [0.29, 0.717) is 29.7 Å². The molecule has 0 bridgehead atoms. The maximum absolute atomic E-state index is 12.6. The Morgan fingerprint density at radius 2 is 1.93 bits per heavy atom. The number of fused-ring (bicyclic) bond motifs is 1. The Labute approximate surface area is 164 Å². The Hall–Kier alpha value is -2.70. The summed E-state index contributed by atoms with van der Waals surface area (Å²) in [4.78, 5) is 37.3. The average molecular weight is 385 g/mol. The van der Waals surface area contributed by atoms with Gasteiger partial charge in [-0.05, 0) is 31.2 Å². The van der Waals surface area contributed by atoms with Gasteiger partial charge < -0.3 is 10.1 Å². The van der Waals surface area contributed by atoms with Gasteiger partial charge in [-0.3, -0.25) is 9.59 Å². The van der Waals surface area contributed by atoms with Crippen molar-refractivity contribution in [1.82, 2.24) is 15.1 Å². The van der Waals surface area contributed by atoms with Crippen LogP contribution in [-0.2, 0) is 16.1 Å². The smallest absolute Gasteiger partial charge is 0.359 e. The quantitative estimate of drug-likeness (QED) is 0.772. The number of carbonyl (C=O) groups excluding carboxylic acids is 2. The van der Waals surface area contributed by atoms with Crippen LogP contribution in [0.3, 0.4) is 0 Å². The maximum atomic E-state index is 12.6. The van der Waals surface area contributed by atoms with E-state index in [9.17, 15) is 14.4 Å². The largest absolute Gasteiger partial charge is 0.451 e. The number of hydrogen-bond donors (Lipinski definition) is 1. The van der Waals surface area contributed by atoms with Gasteiger partial charge in [0.25, 0.3) is 11.5 Å². The third-order valence-corrected chi connectivity index (χ3v) is 5.29. The fraction of sp³-hybridized carbons (Fsp3) is 0.524. The lowest BCUT2D eigenvalue weighted by Crippen LogP contribution is -2.43. The summed E-state index contributed by atoms with van der Waals surface area (Å²) in [5, 5.41) is 8.01. The molecular weight excluding hydrogens is 358 g/mol. The second kappa shape index (κ2) is 8.99. The molecule has 0 spiro atoms. The van der Waals surface area contributed by atoms with Gasteiger partial charge in [-0.15, -0.1) is 0 Å². The summed E-state index contributed by atoms with van der Waals surface area (Å²) in [5.74, 6) is -0.581. The zero-order valence-corrected chi connectivity index (χ0v) is 16.4. The first-order chi connectivity index (χ1) is 13.5. The molecule has 1 saturated carbocycles. The molecule has 0 unspecified atom stereocenters. The highest BCUT2D eigenvalue weighted by molar-refractivity contribution is 6.02. The average Bonchev–Trinajstić information content (AvgIpc) is 2.70. The van der Waals surface area contributed by atoms with E-state index in [1.54, 1.807) is 24.3 Å². The predicted octanol–water partition coefficient (Wildman–Crippen LogP) is 2.66. The Kier molecular flexibility index (Phi) is 6.44. The first-order valence-corrected chi connectivity index (χ1v) is 9.97. The van der Waals surface area contributed by atoms with E-state index in [4.69, 9.17) is 4.74 Å². The fourth-order valence-corrected chi connectivity index (χ4v) is 3.73. The van der Waals surface area contributed by atoms with Gasteiger partial charge in [0.2, 0.25) is 0 Å². The second-order valence-corrected chi connectivity index (χ2v) is 7.43. The van der Waals surface area contributed by atoms with Crippen molar-refractivity contribution < 1.29 is 14.3 Å². The van der Waals surface area contributed by atoms with Gasteiger partial charge >= 0.3 is 5.97 Å². The van der Waals surface area contributed by atoms with E-state index in [0.717, 1.165) is 19.3 Å². The first kappa shape index (κ1) is 20.0. The van der Waals surface area contributed by atoms with E-state index in [-0.39, 0.29) is 29.8 Å². The van der Waals surface area contributed by atoms with Crippen LogP contribution in [0.1, 0.15) is 56.4 Å². The van der Waals surface area contributed by atoms with Gasteiger partial charge in [-0.25, -0.2) is 9.48 Å². The van der Waals surface area contributed by atoms with Gasteiger partial charge in [0.05, 0.1) is 5.39 Å². The molecule has 2 atom stereocenters. The van der Waals surface area contributed by atoms with Crippen LogP contribution in [0.25, 0.3) is 10.8 Å².